The smallest absolute Gasteiger partial charge is 0.383 e. The number of benzene rings is 1. The standard InChI is InChI=1S/C12H14F3N3O3/c1-16-9-4-3-8(7-10(9)18(20)21)11(19)17(2)6-5-12(13,14)15/h3-4,7,16H,5-6H2,1-2H3. The van der Waals surface area contributed by atoms with E-state index in [1.165, 1.54) is 26.2 Å². The SMILES string of the molecule is CNc1ccc(C(=O)N(C)CCC(F)(F)F)cc1[N+](=O)[O-]. The lowest BCUT2D eigenvalue weighted by atomic mass is 10.1. The van der Waals surface area contributed by atoms with Gasteiger partial charge in [-0.15, -0.1) is 0 Å². The number of rotatable bonds is 5. The van der Waals surface area contributed by atoms with Crippen molar-refractivity contribution in [3.63, 3.8) is 0 Å². The minimum absolute atomic E-state index is 0.0367. The summed E-state index contributed by atoms with van der Waals surface area (Å²) in [6.07, 6.45) is -5.50. The van der Waals surface area contributed by atoms with Crippen molar-refractivity contribution < 1.29 is 22.9 Å². The highest BCUT2D eigenvalue weighted by molar-refractivity contribution is 5.95. The third kappa shape index (κ3) is 4.62. The summed E-state index contributed by atoms with van der Waals surface area (Å²) in [6.45, 7) is -0.510. The number of amides is 1. The Balaban J connectivity index is 2.92. The summed E-state index contributed by atoms with van der Waals surface area (Å²) < 4.78 is 36.3. The quantitative estimate of drug-likeness (QED) is 0.670. The molecule has 1 amide bonds. The first-order valence-corrected chi connectivity index (χ1v) is 5.94. The fraction of sp³-hybridized carbons (Fsp3) is 0.417. The van der Waals surface area contributed by atoms with Crippen LogP contribution in [-0.2, 0) is 0 Å². The van der Waals surface area contributed by atoms with Gasteiger partial charge in [0.2, 0.25) is 0 Å². The van der Waals surface area contributed by atoms with Crippen molar-refractivity contribution in [2.24, 2.45) is 0 Å². The molecule has 21 heavy (non-hydrogen) atoms. The van der Waals surface area contributed by atoms with Crippen molar-refractivity contribution >= 4 is 17.3 Å². The number of hydrogen-bond donors (Lipinski definition) is 1. The number of nitro benzene ring substituents is 1. The Morgan fingerprint density at radius 1 is 1.43 bits per heavy atom. The lowest BCUT2D eigenvalue weighted by Gasteiger charge is -2.18. The predicted molar refractivity (Wildman–Crippen MR) is 70.3 cm³/mol. The molecule has 0 unspecified atom stereocenters. The molecule has 0 radical (unpaired) electrons. The average Bonchev–Trinajstić information content (AvgIpc) is 2.42. The molecule has 9 heteroatoms. The average molecular weight is 305 g/mol. The molecular formula is C12H14F3N3O3. The van der Waals surface area contributed by atoms with Crippen LogP contribution in [0, 0.1) is 10.1 Å². The Morgan fingerprint density at radius 2 is 2.05 bits per heavy atom. The topological polar surface area (TPSA) is 75.5 Å². The summed E-state index contributed by atoms with van der Waals surface area (Å²) in [5, 5.41) is 13.5. The van der Waals surface area contributed by atoms with Gasteiger partial charge in [0.15, 0.2) is 0 Å². The molecule has 0 saturated heterocycles. The number of nitrogens with zero attached hydrogens (tertiary/aromatic N) is 2. The lowest BCUT2D eigenvalue weighted by Crippen LogP contribution is -2.30. The molecule has 0 aromatic heterocycles. The van der Waals surface area contributed by atoms with Crippen LogP contribution in [0.4, 0.5) is 24.5 Å². The van der Waals surface area contributed by atoms with E-state index in [9.17, 15) is 28.1 Å². The van der Waals surface area contributed by atoms with Crippen LogP contribution in [0.2, 0.25) is 0 Å². The zero-order valence-electron chi connectivity index (χ0n) is 11.4. The molecule has 1 N–H and O–H groups in total. The normalized spacial score (nSPS) is 11.1. The summed E-state index contributed by atoms with van der Waals surface area (Å²) in [7, 11) is 2.70. The minimum atomic E-state index is -4.36. The van der Waals surface area contributed by atoms with Gasteiger partial charge in [-0.05, 0) is 12.1 Å². The Kier molecular flexibility index (Phi) is 5.12. The van der Waals surface area contributed by atoms with E-state index in [1.807, 2.05) is 0 Å². The fourth-order valence-electron chi connectivity index (χ4n) is 1.64. The maximum atomic E-state index is 12.1. The van der Waals surface area contributed by atoms with Crippen LogP contribution in [0.5, 0.6) is 0 Å². The molecule has 0 aliphatic rings. The lowest BCUT2D eigenvalue weighted by molar-refractivity contribution is -0.384. The number of alkyl halides is 3. The maximum absolute atomic E-state index is 12.1. The molecule has 0 aliphatic heterocycles. The van der Waals surface area contributed by atoms with E-state index in [2.05, 4.69) is 5.32 Å². The van der Waals surface area contributed by atoms with Crippen LogP contribution in [-0.4, -0.2) is 42.5 Å². The summed E-state index contributed by atoms with van der Waals surface area (Å²) in [5.74, 6) is -0.704. The van der Waals surface area contributed by atoms with E-state index >= 15 is 0 Å². The largest absolute Gasteiger partial charge is 0.390 e. The van der Waals surface area contributed by atoms with E-state index in [0.717, 1.165) is 11.0 Å². The number of nitro groups is 1. The number of carbonyl (C=O) groups excluding carboxylic acids is 1. The summed E-state index contributed by atoms with van der Waals surface area (Å²) >= 11 is 0. The van der Waals surface area contributed by atoms with Gasteiger partial charge >= 0.3 is 6.18 Å². The zero-order valence-corrected chi connectivity index (χ0v) is 11.4. The number of nitrogens with one attached hydrogen (secondary N) is 1. The second-order valence-electron chi connectivity index (χ2n) is 4.33. The van der Waals surface area contributed by atoms with Crippen molar-refractivity contribution in [1.29, 1.82) is 0 Å². The van der Waals surface area contributed by atoms with Crippen LogP contribution in [0.25, 0.3) is 0 Å². The van der Waals surface area contributed by atoms with Crippen LogP contribution in [0.3, 0.4) is 0 Å². The van der Waals surface area contributed by atoms with Gasteiger partial charge < -0.3 is 10.2 Å². The zero-order chi connectivity index (χ0) is 16.2. The summed E-state index contributed by atoms with van der Waals surface area (Å²) in [6, 6.07) is 3.70. The monoisotopic (exact) mass is 305 g/mol. The first-order chi connectivity index (χ1) is 9.65. The number of anilines is 1. The second-order valence-corrected chi connectivity index (χ2v) is 4.33. The highest BCUT2D eigenvalue weighted by atomic mass is 19.4. The predicted octanol–water partition coefficient (Wildman–Crippen LogP) is 2.66. The minimum Gasteiger partial charge on any atom is -0.383 e. The van der Waals surface area contributed by atoms with Crippen LogP contribution < -0.4 is 5.32 Å². The molecule has 0 bridgehead atoms. The molecule has 0 saturated carbocycles. The van der Waals surface area contributed by atoms with Crippen LogP contribution >= 0.6 is 0 Å². The van der Waals surface area contributed by atoms with E-state index in [-0.39, 0.29) is 16.9 Å². The molecule has 116 valence electrons. The number of carbonyl (C=O) groups is 1. The molecule has 0 spiro atoms. The highest BCUT2D eigenvalue weighted by Gasteiger charge is 2.28. The van der Waals surface area contributed by atoms with Gasteiger partial charge in [0, 0.05) is 32.3 Å². The summed E-state index contributed by atoms with van der Waals surface area (Å²) in [4.78, 5) is 23.0. The van der Waals surface area contributed by atoms with Gasteiger partial charge in [0.25, 0.3) is 11.6 Å². The Labute approximate surface area is 118 Å². The van der Waals surface area contributed by atoms with Crippen molar-refractivity contribution in [3.05, 3.63) is 33.9 Å². The van der Waals surface area contributed by atoms with Crippen molar-refractivity contribution in [1.82, 2.24) is 4.90 Å². The van der Waals surface area contributed by atoms with Crippen LogP contribution in [0.1, 0.15) is 16.8 Å². The number of halogens is 3. The molecular weight excluding hydrogens is 291 g/mol. The molecule has 0 atom stereocenters. The summed E-state index contributed by atoms with van der Waals surface area (Å²) in [5.41, 5.74) is -0.132. The maximum Gasteiger partial charge on any atom is 0.390 e. The first-order valence-electron chi connectivity index (χ1n) is 5.94. The van der Waals surface area contributed by atoms with E-state index in [0.29, 0.717) is 0 Å². The van der Waals surface area contributed by atoms with Gasteiger partial charge in [-0.3, -0.25) is 14.9 Å². The Bertz CT molecular complexity index is 546. The van der Waals surface area contributed by atoms with E-state index in [4.69, 9.17) is 0 Å². The Hall–Kier alpha value is -2.32. The van der Waals surface area contributed by atoms with Crippen molar-refractivity contribution in [2.75, 3.05) is 26.0 Å². The van der Waals surface area contributed by atoms with Crippen molar-refractivity contribution in [2.45, 2.75) is 12.6 Å². The Morgan fingerprint density at radius 3 is 2.52 bits per heavy atom. The molecule has 0 heterocycles. The second kappa shape index (κ2) is 6.42. The van der Waals surface area contributed by atoms with Gasteiger partial charge in [0.1, 0.15) is 5.69 Å². The van der Waals surface area contributed by atoms with E-state index in [1.54, 1.807) is 0 Å². The molecule has 1 aromatic carbocycles. The highest BCUT2D eigenvalue weighted by Crippen LogP contribution is 2.26. The molecule has 1 aromatic rings. The van der Waals surface area contributed by atoms with Crippen molar-refractivity contribution in [3.8, 4) is 0 Å². The molecule has 6 nitrogen and oxygen atoms in total. The molecule has 1 rings (SSSR count). The molecule has 0 aliphatic carbocycles. The third-order valence-electron chi connectivity index (χ3n) is 2.79. The fourth-order valence-corrected chi connectivity index (χ4v) is 1.64. The van der Waals surface area contributed by atoms with Gasteiger partial charge in [-0.2, -0.15) is 13.2 Å². The molecule has 0 fully saturated rings. The third-order valence-corrected chi connectivity index (χ3v) is 2.79. The van der Waals surface area contributed by atoms with Gasteiger partial charge in [-0.25, -0.2) is 0 Å². The first kappa shape index (κ1) is 16.7. The van der Waals surface area contributed by atoms with Crippen LogP contribution in [0.15, 0.2) is 18.2 Å². The van der Waals surface area contributed by atoms with Gasteiger partial charge in [-0.1, -0.05) is 0 Å². The van der Waals surface area contributed by atoms with E-state index < -0.39 is 30.0 Å². The van der Waals surface area contributed by atoms with Gasteiger partial charge in [0.05, 0.1) is 11.3 Å². The number of hydrogen-bond acceptors (Lipinski definition) is 4.